The molecule has 0 spiro atoms. The fourth-order valence-electron chi connectivity index (χ4n) is 4.78. The van der Waals surface area contributed by atoms with Crippen LogP contribution in [0, 0.1) is 25.7 Å². The van der Waals surface area contributed by atoms with Crippen molar-refractivity contribution in [3.8, 4) is 11.8 Å². The van der Waals surface area contributed by atoms with Crippen LogP contribution >= 0.6 is 0 Å². The molecule has 1 aliphatic rings. The molecule has 0 bridgehead atoms. The van der Waals surface area contributed by atoms with Gasteiger partial charge in [0.2, 0.25) is 5.95 Å². The molecule has 3 N–H and O–H groups in total. The third kappa shape index (κ3) is 6.51. The normalized spacial score (nSPS) is 14.6. The number of carbonyl (C=O) groups excluding carboxylic acids is 1. The fraction of sp³-hybridized carbons (Fsp3) is 0.300. The van der Waals surface area contributed by atoms with Crippen molar-refractivity contribution >= 4 is 23.2 Å². The Balaban J connectivity index is 1.35. The standard InChI is InChI=1S/C30H30F3N7O/c1-19-4-6-23(15-22(19)7-5-21-14-20(2)27-36-29(34)37-40(27)17-21)28(41)35-25-9-8-24(26(16-25)30(31,32)33)18-39-12-10-38(3)11-13-39/h4,6,8-9,14-17H,10-13,18H2,1-3H3,(H2,34,37)(H,35,41). The van der Waals surface area contributed by atoms with E-state index in [4.69, 9.17) is 5.73 Å². The van der Waals surface area contributed by atoms with E-state index in [0.717, 1.165) is 30.3 Å². The van der Waals surface area contributed by atoms with Crippen molar-refractivity contribution in [3.05, 3.63) is 87.6 Å². The molecule has 2 aromatic carbocycles. The number of amides is 1. The summed E-state index contributed by atoms with van der Waals surface area (Å²) >= 11 is 0. The van der Waals surface area contributed by atoms with Gasteiger partial charge in [-0.15, -0.1) is 5.10 Å². The van der Waals surface area contributed by atoms with Gasteiger partial charge in [0.25, 0.3) is 5.91 Å². The molecule has 8 nitrogen and oxygen atoms in total. The van der Waals surface area contributed by atoms with Crippen molar-refractivity contribution in [2.45, 2.75) is 26.6 Å². The van der Waals surface area contributed by atoms with Gasteiger partial charge in [0.1, 0.15) is 0 Å². The zero-order chi connectivity index (χ0) is 29.3. The first kappa shape index (κ1) is 28.1. The van der Waals surface area contributed by atoms with E-state index < -0.39 is 17.6 Å². The summed E-state index contributed by atoms with van der Waals surface area (Å²) in [6, 6.07) is 10.8. The molecule has 0 saturated carbocycles. The number of likely N-dealkylation sites (N-methyl/N-ethyl adjacent to an activating group) is 1. The highest BCUT2D eigenvalue weighted by atomic mass is 19.4. The van der Waals surface area contributed by atoms with Gasteiger partial charge < -0.3 is 16.0 Å². The molecule has 5 rings (SSSR count). The Hall–Kier alpha value is -4.40. The van der Waals surface area contributed by atoms with Gasteiger partial charge in [-0.2, -0.15) is 18.2 Å². The topological polar surface area (TPSA) is 91.8 Å². The van der Waals surface area contributed by atoms with Gasteiger partial charge in [-0.1, -0.05) is 24.0 Å². The van der Waals surface area contributed by atoms with Crippen molar-refractivity contribution < 1.29 is 18.0 Å². The van der Waals surface area contributed by atoms with Gasteiger partial charge in [-0.05, 0) is 67.9 Å². The van der Waals surface area contributed by atoms with Crippen LogP contribution in [0.1, 0.15) is 43.7 Å². The number of alkyl halides is 3. The quantitative estimate of drug-likeness (QED) is 0.360. The van der Waals surface area contributed by atoms with Crippen molar-refractivity contribution in [2.24, 2.45) is 0 Å². The zero-order valence-corrected chi connectivity index (χ0v) is 23.0. The predicted molar refractivity (Wildman–Crippen MR) is 151 cm³/mol. The Labute approximate surface area is 236 Å². The van der Waals surface area contributed by atoms with Crippen LogP contribution in [0.3, 0.4) is 0 Å². The minimum absolute atomic E-state index is 0.0774. The first-order valence-electron chi connectivity index (χ1n) is 13.1. The number of pyridine rings is 1. The molecular formula is C30H30F3N7O. The van der Waals surface area contributed by atoms with Crippen LogP contribution in [-0.2, 0) is 12.7 Å². The monoisotopic (exact) mass is 561 g/mol. The van der Waals surface area contributed by atoms with Gasteiger partial charge in [-0.3, -0.25) is 9.69 Å². The van der Waals surface area contributed by atoms with Crippen LogP contribution < -0.4 is 11.1 Å². The van der Waals surface area contributed by atoms with E-state index in [1.807, 2.05) is 31.9 Å². The van der Waals surface area contributed by atoms with Gasteiger partial charge in [0.05, 0.1) is 5.56 Å². The number of rotatable bonds is 4. The summed E-state index contributed by atoms with van der Waals surface area (Å²) in [6.45, 7) is 6.98. The number of aryl methyl sites for hydroxylation is 2. The molecule has 11 heteroatoms. The highest BCUT2D eigenvalue weighted by Gasteiger charge is 2.34. The van der Waals surface area contributed by atoms with E-state index in [0.29, 0.717) is 29.9 Å². The second-order valence-electron chi connectivity index (χ2n) is 10.3. The molecular weight excluding hydrogens is 531 g/mol. The van der Waals surface area contributed by atoms with E-state index in [1.54, 1.807) is 28.9 Å². The maximum atomic E-state index is 14.0. The molecule has 2 aromatic heterocycles. The Bertz CT molecular complexity index is 1680. The molecule has 0 unspecified atom stereocenters. The van der Waals surface area contributed by atoms with Gasteiger partial charge in [-0.25, -0.2) is 4.52 Å². The summed E-state index contributed by atoms with van der Waals surface area (Å²) in [5.41, 5.74) is 9.16. The van der Waals surface area contributed by atoms with E-state index in [9.17, 15) is 18.0 Å². The minimum Gasteiger partial charge on any atom is -0.366 e. The van der Waals surface area contributed by atoms with Crippen LogP contribution in [0.5, 0.6) is 0 Å². The van der Waals surface area contributed by atoms with Gasteiger partial charge in [0, 0.05) is 61.3 Å². The SMILES string of the molecule is Cc1ccc(C(=O)Nc2ccc(CN3CCN(C)CC3)c(C(F)(F)F)c2)cc1C#Cc1cc(C)c2nc(N)nn2c1. The molecule has 0 radical (unpaired) electrons. The van der Waals surface area contributed by atoms with Gasteiger partial charge >= 0.3 is 6.18 Å². The third-order valence-electron chi connectivity index (χ3n) is 7.14. The molecule has 1 fully saturated rings. The smallest absolute Gasteiger partial charge is 0.366 e. The van der Waals surface area contributed by atoms with Crippen LogP contribution in [0.25, 0.3) is 5.65 Å². The van der Waals surface area contributed by atoms with E-state index >= 15 is 0 Å². The second kappa shape index (κ2) is 11.2. The number of benzene rings is 2. The molecule has 212 valence electrons. The Morgan fingerprint density at radius 3 is 2.51 bits per heavy atom. The predicted octanol–water partition coefficient (Wildman–Crippen LogP) is 4.35. The number of nitrogens with one attached hydrogen (secondary N) is 1. The van der Waals surface area contributed by atoms with E-state index in [2.05, 4.69) is 32.1 Å². The lowest BCUT2D eigenvalue weighted by Crippen LogP contribution is -2.44. The summed E-state index contributed by atoms with van der Waals surface area (Å²) in [6.07, 6.45) is -2.83. The number of halogens is 3. The van der Waals surface area contributed by atoms with Crippen LogP contribution in [0.4, 0.5) is 24.8 Å². The highest BCUT2D eigenvalue weighted by molar-refractivity contribution is 6.04. The minimum atomic E-state index is -4.55. The number of hydrogen-bond donors (Lipinski definition) is 2. The van der Waals surface area contributed by atoms with Crippen LogP contribution in [0.2, 0.25) is 0 Å². The number of nitrogen functional groups attached to an aromatic ring is 1. The average Bonchev–Trinajstić information content (AvgIpc) is 3.30. The van der Waals surface area contributed by atoms with Crippen molar-refractivity contribution in [1.82, 2.24) is 24.4 Å². The van der Waals surface area contributed by atoms with Crippen LogP contribution in [-0.4, -0.2) is 63.5 Å². The van der Waals surface area contributed by atoms with E-state index in [1.165, 1.54) is 12.1 Å². The fourth-order valence-corrected chi connectivity index (χ4v) is 4.78. The number of anilines is 2. The number of nitrogens with two attached hydrogens (primary N) is 1. The molecule has 0 atom stereocenters. The first-order chi connectivity index (χ1) is 19.5. The number of fused-ring (bicyclic) bond motifs is 1. The molecule has 3 heterocycles. The lowest BCUT2D eigenvalue weighted by Gasteiger charge is -2.33. The number of hydrogen-bond acceptors (Lipinski definition) is 6. The Morgan fingerprint density at radius 1 is 1.02 bits per heavy atom. The lowest BCUT2D eigenvalue weighted by molar-refractivity contribution is -0.138. The van der Waals surface area contributed by atoms with E-state index in [-0.39, 0.29) is 29.3 Å². The molecule has 4 aromatic rings. The number of aromatic nitrogens is 3. The van der Waals surface area contributed by atoms with Crippen LogP contribution in [0.15, 0.2) is 48.7 Å². The molecule has 41 heavy (non-hydrogen) atoms. The van der Waals surface area contributed by atoms with Crippen molar-refractivity contribution in [2.75, 3.05) is 44.3 Å². The summed E-state index contributed by atoms with van der Waals surface area (Å²) in [5.74, 6) is 5.81. The summed E-state index contributed by atoms with van der Waals surface area (Å²) in [4.78, 5) is 21.4. The Morgan fingerprint density at radius 2 is 1.78 bits per heavy atom. The molecule has 1 saturated heterocycles. The lowest BCUT2D eigenvalue weighted by atomic mass is 10.0. The largest absolute Gasteiger partial charge is 0.416 e. The highest BCUT2D eigenvalue weighted by Crippen LogP contribution is 2.34. The second-order valence-corrected chi connectivity index (χ2v) is 10.3. The first-order valence-corrected chi connectivity index (χ1v) is 13.1. The Kier molecular flexibility index (Phi) is 7.71. The molecule has 0 aliphatic carbocycles. The zero-order valence-electron chi connectivity index (χ0n) is 23.0. The number of piperazine rings is 1. The summed E-state index contributed by atoms with van der Waals surface area (Å²) in [5, 5.41) is 6.75. The summed E-state index contributed by atoms with van der Waals surface area (Å²) in [7, 11) is 2.00. The molecule has 1 aliphatic heterocycles. The number of nitrogens with zero attached hydrogens (tertiary/aromatic N) is 5. The van der Waals surface area contributed by atoms with Crippen molar-refractivity contribution in [3.63, 3.8) is 0 Å². The average molecular weight is 562 g/mol. The molecule has 1 amide bonds. The number of carbonyl (C=O) groups is 1. The third-order valence-corrected chi connectivity index (χ3v) is 7.14. The summed E-state index contributed by atoms with van der Waals surface area (Å²) < 4.78 is 43.5. The maximum absolute atomic E-state index is 14.0. The van der Waals surface area contributed by atoms with Gasteiger partial charge in [0.15, 0.2) is 5.65 Å². The maximum Gasteiger partial charge on any atom is 0.416 e. The van der Waals surface area contributed by atoms with Crippen molar-refractivity contribution in [1.29, 1.82) is 0 Å².